The third kappa shape index (κ3) is 2.81. The van der Waals surface area contributed by atoms with E-state index in [2.05, 4.69) is 6.58 Å². The first-order valence-electron chi connectivity index (χ1n) is 5.25. The Morgan fingerprint density at radius 3 is 2.56 bits per heavy atom. The minimum atomic E-state index is -0.959. The van der Waals surface area contributed by atoms with E-state index in [0.29, 0.717) is 0 Å². The van der Waals surface area contributed by atoms with Crippen LogP contribution in [-0.4, -0.2) is 54.1 Å². The van der Waals surface area contributed by atoms with Crippen molar-refractivity contribution in [2.24, 2.45) is 0 Å². The summed E-state index contributed by atoms with van der Waals surface area (Å²) in [5.41, 5.74) is 0. The molecule has 0 radical (unpaired) electrons. The molecule has 1 aliphatic rings. The number of methoxy groups -OCH3 is 1. The Balaban J connectivity index is 2.74. The molecule has 1 fully saturated rings. The summed E-state index contributed by atoms with van der Waals surface area (Å²) in [5, 5.41) is 19.0. The van der Waals surface area contributed by atoms with Crippen LogP contribution in [0.15, 0.2) is 12.7 Å². The van der Waals surface area contributed by atoms with Crippen molar-refractivity contribution < 1.29 is 24.4 Å². The molecule has 0 aromatic rings. The number of aliphatic hydroxyl groups excluding tert-OH is 2. The molecule has 2 N–H and O–H groups in total. The monoisotopic (exact) mass is 232 g/mol. The first-order chi connectivity index (χ1) is 7.45. The lowest BCUT2D eigenvalue weighted by Crippen LogP contribution is -2.45. The fraction of sp³-hybridized carbons (Fsp3) is 0.818. The summed E-state index contributed by atoms with van der Waals surface area (Å²) in [6, 6.07) is 0. The Morgan fingerprint density at radius 2 is 2.12 bits per heavy atom. The van der Waals surface area contributed by atoms with Crippen molar-refractivity contribution in [2.75, 3.05) is 13.7 Å². The van der Waals surface area contributed by atoms with E-state index >= 15 is 0 Å². The zero-order valence-electron chi connectivity index (χ0n) is 9.92. The molecule has 5 nitrogen and oxygen atoms in total. The Bertz CT molecular complexity index is 237. The molecule has 4 atom stereocenters. The van der Waals surface area contributed by atoms with E-state index in [4.69, 9.17) is 19.3 Å². The number of aliphatic hydroxyl groups is 2. The van der Waals surface area contributed by atoms with E-state index in [1.54, 1.807) is 19.9 Å². The summed E-state index contributed by atoms with van der Waals surface area (Å²) in [7, 11) is 1.42. The summed E-state index contributed by atoms with van der Waals surface area (Å²) in [5.74, 6) is -0.766. The Hall–Kier alpha value is -0.460. The number of hydrogen-bond donors (Lipinski definition) is 2. The van der Waals surface area contributed by atoms with Crippen LogP contribution in [0, 0.1) is 0 Å². The highest BCUT2D eigenvalue weighted by Gasteiger charge is 2.45. The molecule has 0 aromatic heterocycles. The van der Waals surface area contributed by atoms with E-state index in [9.17, 15) is 5.11 Å². The van der Waals surface area contributed by atoms with Crippen molar-refractivity contribution in [1.29, 1.82) is 0 Å². The molecule has 0 bridgehead atoms. The molecule has 5 heteroatoms. The summed E-state index contributed by atoms with van der Waals surface area (Å²) >= 11 is 0. The van der Waals surface area contributed by atoms with E-state index in [1.165, 1.54) is 7.11 Å². The van der Waals surface area contributed by atoms with Crippen molar-refractivity contribution in [1.82, 2.24) is 0 Å². The average molecular weight is 232 g/mol. The molecule has 1 saturated heterocycles. The van der Waals surface area contributed by atoms with Gasteiger partial charge in [-0.15, -0.1) is 6.58 Å². The summed E-state index contributed by atoms with van der Waals surface area (Å²) < 4.78 is 16.1. The zero-order chi connectivity index (χ0) is 12.3. The van der Waals surface area contributed by atoms with Gasteiger partial charge in [0.1, 0.15) is 24.4 Å². The predicted molar refractivity (Wildman–Crippen MR) is 57.9 cm³/mol. The van der Waals surface area contributed by atoms with Gasteiger partial charge in [0.25, 0.3) is 0 Å². The molecule has 0 aliphatic carbocycles. The van der Waals surface area contributed by atoms with Crippen LogP contribution in [0.3, 0.4) is 0 Å². The number of hydrogen-bond acceptors (Lipinski definition) is 5. The molecule has 1 rings (SSSR count). The van der Waals surface area contributed by atoms with Gasteiger partial charge in [0.05, 0.1) is 6.61 Å². The van der Waals surface area contributed by atoms with Crippen molar-refractivity contribution in [3.8, 4) is 0 Å². The van der Waals surface area contributed by atoms with Crippen LogP contribution in [0.4, 0.5) is 0 Å². The molecule has 94 valence electrons. The second-order valence-corrected chi connectivity index (χ2v) is 4.25. The third-order valence-electron chi connectivity index (χ3n) is 2.60. The standard InChI is InChI=1S/C11H20O5/c1-5-7-10(16-11(2,3)15-7)9(13)8(6-12)14-4/h5,7-10,12-13H,1,6H2,2-4H3/t7-,8-,9-,10+/m1/s1. The predicted octanol–water partition coefficient (Wildman–Crippen LogP) is 0.0607. The van der Waals surface area contributed by atoms with E-state index in [-0.39, 0.29) is 6.61 Å². The van der Waals surface area contributed by atoms with Gasteiger partial charge in [-0.05, 0) is 13.8 Å². The molecular weight excluding hydrogens is 212 g/mol. The minimum Gasteiger partial charge on any atom is -0.394 e. The highest BCUT2D eigenvalue weighted by atomic mass is 16.8. The second-order valence-electron chi connectivity index (χ2n) is 4.25. The van der Waals surface area contributed by atoms with Crippen LogP contribution in [0.5, 0.6) is 0 Å². The lowest BCUT2D eigenvalue weighted by atomic mass is 10.0. The SMILES string of the molecule is C=C[C@H]1OC(C)(C)O[C@@H]1[C@H](O)[C@@H](CO)OC. The van der Waals surface area contributed by atoms with E-state index in [1.807, 2.05) is 0 Å². The highest BCUT2D eigenvalue weighted by Crippen LogP contribution is 2.31. The van der Waals surface area contributed by atoms with Crippen LogP contribution in [0.2, 0.25) is 0 Å². The maximum absolute atomic E-state index is 10.0. The first-order valence-corrected chi connectivity index (χ1v) is 5.25. The second kappa shape index (κ2) is 5.25. The van der Waals surface area contributed by atoms with Crippen LogP contribution in [-0.2, 0) is 14.2 Å². The lowest BCUT2D eigenvalue weighted by molar-refractivity contribution is -0.166. The molecule has 0 aromatic carbocycles. The third-order valence-corrected chi connectivity index (χ3v) is 2.60. The Morgan fingerprint density at radius 1 is 1.50 bits per heavy atom. The van der Waals surface area contributed by atoms with Crippen LogP contribution < -0.4 is 0 Å². The van der Waals surface area contributed by atoms with Gasteiger partial charge >= 0.3 is 0 Å². The summed E-state index contributed by atoms with van der Waals surface area (Å²) in [6.07, 6.45) is -1.06. The fourth-order valence-corrected chi connectivity index (χ4v) is 1.80. The molecule has 0 spiro atoms. The largest absolute Gasteiger partial charge is 0.394 e. The first kappa shape index (κ1) is 13.6. The van der Waals surface area contributed by atoms with E-state index < -0.39 is 30.2 Å². The molecule has 0 unspecified atom stereocenters. The maximum Gasteiger partial charge on any atom is 0.164 e. The molecule has 1 aliphatic heterocycles. The van der Waals surface area contributed by atoms with Gasteiger partial charge in [-0.1, -0.05) is 6.08 Å². The molecule has 0 saturated carbocycles. The quantitative estimate of drug-likeness (QED) is 0.656. The highest BCUT2D eigenvalue weighted by molar-refractivity contribution is 4.98. The van der Waals surface area contributed by atoms with Gasteiger partial charge in [-0.3, -0.25) is 0 Å². The molecule has 16 heavy (non-hydrogen) atoms. The molecule has 0 amide bonds. The van der Waals surface area contributed by atoms with Crippen LogP contribution in [0.25, 0.3) is 0 Å². The van der Waals surface area contributed by atoms with E-state index in [0.717, 1.165) is 0 Å². The van der Waals surface area contributed by atoms with Crippen LogP contribution in [0.1, 0.15) is 13.8 Å². The lowest BCUT2D eigenvalue weighted by Gasteiger charge is -2.26. The normalized spacial score (nSPS) is 32.3. The molecule has 1 heterocycles. The number of rotatable bonds is 5. The van der Waals surface area contributed by atoms with Crippen LogP contribution >= 0.6 is 0 Å². The fourth-order valence-electron chi connectivity index (χ4n) is 1.80. The zero-order valence-corrected chi connectivity index (χ0v) is 9.92. The minimum absolute atomic E-state index is 0.276. The van der Waals surface area contributed by atoms with Crippen molar-refractivity contribution >= 4 is 0 Å². The Kier molecular flexibility index (Phi) is 4.46. The summed E-state index contributed by atoms with van der Waals surface area (Å²) in [6.45, 7) is 6.88. The van der Waals surface area contributed by atoms with Crippen molar-refractivity contribution in [3.05, 3.63) is 12.7 Å². The molecular formula is C11H20O5. The van der Waals surface area contributed by atoms with Gasteiger partial charge in [0, 0.05) is 7.11 Å². The van der Waals surface area contributed by atoms with Gasteiger partial charge in [-0.2, -0.15) is 0 Å². The topological polar surface area (TPSA) is 68.2 Å². The Labute approximate surface area is 95.6 Å². The van der Waals surface area contributed by atoms with Crippen molar-refractivity contribution in [3.63, 3.8) is 0 Å². The average Bonchev–Trinajstić information content (AvgIpc) is 2.55. The van der Waals surface area contributed by atoms with Gasteiger partial charge in [0.2, 0.25) is 0 Å². The van der Waals surface area contributed by atoms with Gasteiger partial charge < -0.3 is 24.4 Å². The van der Waals surface area contributed by atoms with Crippen molar-refractivity contribution in [2.45, 2.75) is 44.1 Å². The number of ether oxygens (including phenoxy) is 3. The summed E-state index contributed by atoms with van der Waals surface area (Å²) in [4.78, 5) is 0. The van der Waals surface area contributed by atoms with Gasteiger partial charge in [-0.25, -0.2) is 0 Å². The van der Waals surface area contributed by atoms with Gasteiger partial charge in [0.15, 0.2) is 5.79 Å². The smallest absolute Gasteiger partial charge is 0.164 e. The maximum atomic E-state index is 10.0.